The lowest BCUT2D eigenvalue weighted by Gasteiger charge is -2.20. The van der Waals surface area contributed by atoms with E-state index in [-0.39, 0.29) is 6.29 Å². The summed E-state index contributed by atoms with van der Waals surface area (Å²) in [6.07, 6.45) is 7.28. The van der Waals surface area contributed by atoms with Crippen LogP contribution in [0.1, 0.15) is 30.4 Å². The molecule has 2 aromatic carbocycles. The maximum atomic E-state index is 5.84. The topological polar surface area (TPSA) is 36.3 Å². The van der Waals surface area contributed by atoms with Gasteiger partial charge in [0.1, 0.15) is 0 Å². The summed E-state index contributed by atoms with van der Waals surface area (Å²) in [7, 11) is 5.84. The van der Waals surface area contributed by atoms with Crippen molar-refractivity contribution < 1.29 is 9.47 Å². The highest BCUT2D eigenvalue weighted by atomic mass is 16.7. The fourth-order valence-corrected chi connectivity index (χ4v) is 3.56. The summed E-state index contributed by atoms with van der Waals surface area (Å²) in [4.78, 5) is 4.02. The lowest BCUT2D eigenvalue weighted by molar-refractivity contribution is -0.0884. The molecule has 1 atom stereocenters. The zero-order valence-corrected chi connectivity index (χ0v) is 17.1. The molecule has 2 radical (unpaired) electrons. The van der Waals surface area contributed by atoms with Crippen LogP contribution >= 0.6 is 0 Å². The molecule has 3 aromatic rings. The molecule has 0 N–H and O–H groups in total. The van der Waals surface area contributed by atoms with Crippen LogP contribution in [0.3, 0.4) is 0 Å². The lowest BCUT2D eigenvalue weighted by Crippen LogP contribution is -2.25. The molecule has 4 nitrogen and oxygen atoms in total. The first-order valence-corrected chi connectivity index (χ1v) is 10.3. The summed E-state index contributed by atoms with van der Waals surface area (Å²) in [5, 5.41) is 0. The van der Waals surface area contributed by atoms with Crippen molar-refractivity contribution in [2.75, 3.05) is 13.2 Å². The summed E-state index contributed by atoms with van der Waals surface area (Å²) < 4.78 is 13.1. The maximum absolute atomic E-state index is 5.84. The fraction of sp³-hybridized carbons (Fsp3) is 0.375. The SMILES string of the molecule is CCC(Cn1ccnc1)C1OCCO1.[B]CC(c1ccccc1)c1ccccc1. The van der Waals surface area contributed by atoms with E-state index in [1.807, 2.05) is 24.7 Å². The van der Waals surface area contributed by atoms with Crippen molar-refractivity contribution in [1.29, 1.82) is 0 Å². The monoisotopic (exact) mass is 388 g/mol. The predicted molar refractivity (Wildman–Crippen MR) is 117 cm³/mol. The van der Waals surface area contributed by atoms with Gasteiger partial charge in [-0.05, 0) is 17.5 Å². The van der Waals surface area contributed by atoms with Crippen LogP contribution in [0.25, 0.3) is 0 Å². The van der Waals surface area contributed by atoms with Crippen LogP contribution in [0.5, 0.6) is 0 Å². The van der Waals surface area contributed by atoms with E-state index < -0.39 is 0 Å². The van der Waals surface area contributed by atoms with E-state index in [9.17, 15) is 0 Å². The van der Waals surface area contributed by atoms with Gasteiger partial charge >= 0.3 is 0 Å². The van der Waals surface area contributed by atoms with Gasteiger partial charge in [0.05, 0.1) is 27.4 Å². The molecule has 0 saturated carbocycles. The molecule has 1 aromatic heterocycles. The highest BCUT2D eigenvalue weighted by Crippen LogP contribution is 2.26. The van der Waals surface area contributed by atoms with E-state index in [2.05, 4.69) is 65.0 Å². The van der Waals surface area contributed by atoms with Gasteiger partial charge in [0.25, 0.3) is 0 Å². The first-order valence-electron chi connectivity index (χ1n) is 10.3. The van der Waals surface area contributed by atoms with Gasteiger partial charge in [-0.1, -0.05) is 73.9 Å². The van der Waals surface area contributed by atoms with E-state index >= 15 is 0 Å². The summed E-state index contributed by atoms with van der Waals surface area (Å²) in [5.41, 5.74) is 2.57. The second-order valence-electron chi connectivity index (χ2n) is 7.15. The van der Waals surface area contributed by atoms with E-state index in [1.165, 1.54) is 11.1 Å². The first kappa shape index (κ1) is 21.3. The van der Waals surface area contributed by atoms with Crippen LogP contribution in [0.4, 0.5) is 0 Å². The van der Waals surface area contributed by atoms with E-state index in [0.717, 1.165) is 26.2 Å². The predicted octanol–water partition coefficient (Wildman–Crippen LogP) is 4.69. The van der Waals surface area contributed by atoms with E-state index in [4.69, 9.17) is 17.3 Å². The third-order valence-corrected chi connectivity index (χ3v) is 5.20. The second-order valence-corrected chi connectivity index (χ2v) is 7.15. The van der Waals surface area contributed by atoms with Gasteiger partial charge < -0.3 is 14.0 Å². The van der Waals surface area contributed by atoms with E-state index in [0.29, 0.717) is 18.2 Å². The molecule has 2 heterocycles. The van der Waals surface area contributed by atoms with Crippen molar-refractivity contribution in [3.05, 3.63) is 90.5 Å². The Kier molecular flexibility index (Phi) is 8.53. The Morgan fingerprint density at radius 2 is 1.59 bits per heavy atom. The molecule has 1 fully saturated rings. The fourth-order valence-electron chi connectivity index (χ4n) is 3.56. The van der Waals surface area contributed by atoms with Crippen molar-refractivity contribution in [3.8, 4) is 0 Å². The van der Waals surface area contributed by atoms with Gasteiger partial charge in [-0.25, -0.2) is 4.98 Å². The van der Waals surface area contributed by atoms with Gasteiger partial charge in [-0.15, -0.1) is 0 Å². The summed E-state index contributed by atoms with van der Waals surface area (Å²) in [6, 6.07) is 20.8. The molecule has 150 valence electrons. The number of nitrogens with zero attached hydrogens (tertiary/aromatic N) is 2. The van der Waals surface area contributed by atoms with Crippen LogP contribution in [-0.4, -0.2) is 36.9 Å². The van der Waals surface area contributed by atoms with Crippen molar-refractivity contribution in [3.63, 3.8) is 0 Å². The standard InChI is InChI=1S/C14H13B.C10H16N2O2/c15-11-14(12-7-3-1-4-8-12)13-9-5-2-6-10-13;1-2-9(10-13-5-6-14-10)7-12-4-3-11-8-12/h1-10,14H,11H2;3-4,8-10H,2,5-7H2,1H3. The van der Waals surface area contributed by atoms with Crippen LogP contribution in [0.15, 0.2) is 79.4 Å². The Hall–Kier alpha value is -2.37. The second kappa shape index (κ2) is 11.6. The molecule has 1 aliphatic heterocycles. The Balaban J connectivity index is 0.000000166. The largest absolute Gasteiger partial charge is 0.350 e. The van der Waals surface area contributed by atoms with Crippen molar-refractivity contribution >= 4 is 7.85 Å². The minimum atomic E-state index is -0.0256. The quantitative estimate of drug-likeness (QED) is 0.551. The third-order valence-electron chi connectivity index (χ3n) is 5.20. The van der Waals surface area contributed by atoms with Crippen LogP contribution in [0.2, 0.25) is 6.32 Å². The Labute approximate surface area is 175 Å². The highest BCUT2D eigenvalue weighted by Gasteiger charge is 2.25. The normalized spacial score (nSPS) is 15.1. The van der Waals surface area contributed by atoms with Gasteiger partial charge in [0, 0.05) is 30.8 Å². The molecule has 5 heteroatoms. The molecular formula is C24H29BN2O2. The summed E-state index contributed by atoms with van der Waals surface area (Å²) in [6.45, 7) is 4.53. The molecule has 0 amide bonds. The zero-order chi connectivity index (χ0) is 20.3. The van der Waals surface area contributed by atoms with E-state index in [1.54, 1.807) is 6.20 Å². The van der Waals surface area contributed by atoms with Gasteiger partial charge in [0.15, 0.2) is 6.29 Å². The lowest BCUT2D eigenvalue weighted by atomic mass is 9.81. The van der Waals surface area contributed by atoms with Crippen molar-refractivity contribution in [2.45, 2.75) is 38.4 Å². The third kappa shape index (κ3) is 6.31. The van der Waals surface area contributed by atoms with Crippen molar-refractivity contribution in [2.24, 2.45) is 5.92 Å². The summed E-state index contributed by atoms with van der Waals surface area (Å²) >= 11 is 0. The molecule has 1 aliphatic rings. The summed E-state index contributed by atoms with van der Waals surface area (Å²) in [5.74, 6) is 0.735. The number of ether oxygens (including phenoxy) is 2. The minimum absolute atomic E-state index is 0.0256. The first-order chi connectivity index (χ1) is 14.3. The zero-order valence-electron chi connectivity index (χ0n) is 17.1. The van der Waals surface area contributed by atoms with Crippen LogP contribution < -0.4 is 0 Å². The number of hydrogen-bond acceptors (Lipinski definition) is 3. The van der Waals surface area contributed by atoms with Gasteiger partial charge in [-0.3, -0.25) is 0 Å². The van der Waals surface area contributed by atoms with Gasteiger partial charge in [-0.2, -0.15) is 0 Å². The molecule has 1 unspecified atom stereocenters. The van der Waals surface area contributed by atoms with Gasteiger partial charge in [0.2, 0.25) is 0 Å². The van der Waals surface area contributed by atoms with Crippen LogP contribution in [0, 0.1) is 5.92 Å². The molecule has 0 bridgehead atoms. The molecule has 1 saturated heterocycles. The molecule has 0 spiro atoms. The number of imidazole rings is 1. The maximum Gasteiger partial charge on any atom is 0.162 e. The number of aromatic nitrogens is 2. The molecule has 4 rings (SSSR count). The Bertz CT molecular complexity index is 751. The number of rotatable bonds is 7. The van der Waals surface area contributed by atoms with Crippen LogP contribution in [-0.2, 0) is 16.0 Å². The number of benzene rings is 2. The Morgan fingerprint density at radius 3 is 2.03 bits per heavy atom. The van der Waals surface area contributed by atoms with Crippen molar-refractivity contribution in [1.82, 2.24) is 9.55 Å². The average Bonchev–Trinajstić information content (AvgIpc) is 3.49. The molecule has 29 heavy (non-hydrogen) atoms. The Morgan fingerprint density at radius 1 is 1.00 bits per heavy atom. The minimum Gasteiger partial charge on any atom is -0.350 e. The molecular weight excluding hydrogens is 359 g/mol. The number of hydrogen-bond donors (Lipinski definition) is 0. The smallest absolute Gasteiger partial charge is 0.162 e. The molecule has 0 aliphatic carbocycles. The average molecular weight is 388 g/mol. The highest BCUT2D eigenvalue weighted by molar-refractivity contribution is 6.09.